The molecule has 0 aromatic heterocycles. The molecular formula is C18H25BrO3. The first-order valence-electron chi connectivity index (χ1n) is 8.03. The van der Waals surface area contributed by atoms with Crippen molar-refractivity contribution < 1.29 is 14.3 Å². The van der Waals surface area contributed by atoms with E-state index in [1.165, 1.54) is 6.42 Å². The third kappa shape index (κ3) is 6.73. The van der Waals surface area contributed by atoms with E-state index in [1.54, 1.807) is 19.1 Å². The Bertz CT molecular complexity index is 468. The number of carbonyl (C=O) groups excluding carboxylic acids is 2. The first-order valence-corrected chi connectivity index (χ1v) is 8.83. The van der Waals surface area contributed by atoms with Gasteiger partial charge in [0.2, 0.25) is 0 Å². The number of carbonyl (C=O) groups is 2. The lowest BCUT2D eigenvalue weighted by molar-refractivity contribution is -0.143. The van der Waals surface area contributed by atoms with Gasteiger partial charge in [-0.25, -0.2) is 0 Å². The normalized spacial score (nSPS) is 12.0. The van der Waals surface area contributed by atoms with Crippen LogP contribution in [0, 0.1) is 5.92 Å². The highest BCUT2D eigenvalue weighted by Crippen LogP contribution is 2.22. The standard InChI is InChI=1S/C18H25BrO3/c1-3-5-6-7-8-15(13-17(20)22-4-2)18(21)14-9-11-16(19)12-10-14/h9-12,15H,3-8,13H2,1-2H3. The van der Waals surface area contributed by atoms with E-state index >= 15 is 0 Å². The minimum Gasteiger partial charge on any atom is -0.466 e. The number of hydrogen-bond acceptors (Lipinski definition) is 3. The second-order valence-corrected chi connectivity index (χ2v) is 6.34. The van der Waals surface area contributed by atoms with Gasteiger partial charge in [-0.05, 0) is 25.5 Å². The van der Waals surface area contributed by atoms with Crippen LogP contribution in [0.4, 0.5) is 0 Å². The maximum atomic E-state index is 12.6. The minimum atomic E-state index is -0.284. The Hall–Kier alpha value is -1.16. The third-order valence-electron chi connectivity index (χ3n) is 3.62. The molecule has 1 rings (SSSR count). The van der Waals surface area contributed by atoms with Gasteiger partial charge in [0.15, 0.2) is 5.78 Å². The van der Waals surface area contributed by atoms with Crippen LogP contribution in [-0.2, 0) is 9.53 Å². The molecule has 1 aromatic rings. The summed E-state index contributed by atoms with van der Waals surface area (Å²) in [6.45, 7) is 4.29. The Morgan fingerprint density at radius 3 is 2.36 bits per heavy atom. The highest BCUT2D eigenvalue weighted by atomic mass is 79.9. The van der Waals surface area contributed by atoms with E-state index in [4.69, 9.17) is 4.74 Å². The SMILES string of the molecule is CCCCCCC(CC(=O)OCC)C(=O)c1ccc(Br)cc1. The second kappa shape index (κ2) is 10.5. The van der Waals surface area contributed by atoms with Gasteiger partial charge in [0, 0.05) is 16.0 Å². The predicted molar refractivity (Wildman–Crippen MR) is 92.0 cm³/mol. The Morgan fingerprint density at radius 1 is 1.09 bits per heavy atom. The number of ether oxygens (including phenoxy) is 1. The van der Waals surface area contributed by atoms with E-state index < -0.39 is 0 Å². The van der Waals surface area contributed by atoms with E-state index in [9.17, 15) is 9.59 Å². The molecule has 0 saturated carbocycles. The topological polar surface area (TPSA) is 43.4 Å². The Balaban J connectivity index is 2.71. The van der Waals surface area contributed by atoms with Crippen molar-refractivity contribution in [3.63, 3.8) is 0 Å². The molecule has 3 nitrogen and oxygen atoms in total. The molecule has 0 fully saturated rings. The molecule has 0 bridgehead atoms. The van der Waals surface area contributed by atoms with E-state index in [-0.39, 0.29) is 24.1 Å². The van der Waals surface area contributed by atoms with Gasteiger partial charge >= 0.3 is 5.97 Å². The van der Waals surface area contributed by atoms with Gasteiger partial charge in [0.05, 0.1) is 13.0 Å². The van der Waals surface area contributed by atoms with Crippen molar-refractivity contribution in [3.8, 4) is 0 Å². The van der Waals surface area contributed by atoms with Crippen LogP contribution in [0.15, 0.2) is 28.7 Å². The molecule has 0 aliphatic carbocycles. The van der Waals surface area contributed by atoms with Crippen LogP contribution in [-0.4, -0.2) is 18.4 Å². The Morgan fingerprint density at radius 2 is 1.77 bits per heavy atom. The zero-order valence-electron chi connectivity index (χ0n) is 13.4. The molecule has 0 spiro atoms. The average Bonchev–Trinajstić information content (AvgIpc) is 2.50. The van der Waals surface area contributed by atoms with Crippen LogP contribution in [0.1, 0.15) is 62.7 Å². The largest absolute Gasteiger partial charge is 0.466 e. The van der Waals surface area contributed by atoms with E-state index in [0.717, 1.165) is 30.2 Å². The number of hydrogen-bond donors (Lipinski definition) is 0. The number of benzene rings is 1. The van der Waals surface area contributed by atoms with Gasteiger partial charge in [-0.3, -0.25) is 9.59 Å². The van der Waals surface area contributed by atoms with Gasteiger partial charge in [0.25, 0.3) is 0 Å². The van der Waals surface area contributed by atoms with Gasteiger partial charge in [0.1, 0.15) is 0 Å². The summed E-state index contributed by atoms with van der Waals surface area (Å²) in [4.78, 5) is 24.4. The number of esters is 1. The van der Waals surface area contributed by atoms with Crippen molar-refractivity contribution in [1.29, 1.82) is 0 Å². The van der Waals surface area contributed by atoms with E-state index in [0.29, 0.717) is 12.2 Å². The molecule has 1 unspecified atom stereocenters. The number of ketones is 1. The molecule has 0 amide bonds. The van der Waals surface area contributed by atoms with Crippen molar-refractivity contribution >= 4 is 27.7 Å². The highest BCUT2D eigenvalue weighted by Gasteiger charge is 2.23. The van der Waals surface area contributed by atoms with Crippen LogP contribution in [0.5, 0.6) is 0 Å². The minimum absolute atomic E-state index is 0.0389. The molecule has 0 saturated heterocycles. The summed E-state index contributed by atoms with van der Waals surface area (Å²) in [5.74, 6) is -0.525. The molecule has 22 heavy (non-hydrogen) atoms. The molecular weight excluding hydrogens is 344 g/mol. The molecule has 0 aliphatic rings. The molecule has 1 aromatic carbocycles. The summed E-state index contributed by atoms with van der Waals surface area (Å²) in [5, 5.41) is 0. The fourth-order valence-corrected chi connectivity index (χ4v) is 2.68. The Labute approximate surface area is 141 Å². The first-order chi connectivity index (χ1) is 10.6. The van der Waals surface area contributed by atoms with Crippen LogP contribution in [0.25, 0.3) is 0 Å². The van der Waals surface area contributed by atoms with Gasteiger partial charge in [-0.15, -0.1) is 0 Å². The smallest absolute Gasteiger partial charge is 0.306 e. The number of halogens is 1. The average molecular weight is 369 g/mol. The van der Waals surface area contributed by atoms with Gasteiger partial charge in [-0.2, -0.15) is 0 Å². The summed E-state index contributed by atoms with van der Waals surface area (Å²) in [6, 6.07) is 7.31. The Kier molecular flexibility index (Phi) is 9.05. The number of rotatable bonds is 10. The molecule has 0 aliphatic heterocycles. The van der Waals surface area contributed by atoms with Crippen molar-refractivity contribution in [2.45, 2.75) is 52.4 Å². The summed E-state index contributed by atoms with van der Waals surface area (Å²) in [6.07, 6.45) is 5.31. The van der Waals surface area contributed by atoms with E-state index in [1.807, 2.05) is 12.1 Å². The molecule has 4 heteroatoms. The summed E-state index contributed by atoms with van der Waals surface area (Å²) < 4.78 is 5.95. The second-order valence-electron chi connectivity index (χ2n) is 5.43. The quantitative estimate of drug-likeness (QED) is 0.325. The number of Topliss-reactive ketones (excluding diaryl/α,β-unsaturated/α-hetero) is 1. The van der Waals surface area contributed by atoms with E-state index in [2.05, 4.69) is 22.9 Å². The molecule has 0 heterocycles. The van der Waals surface area contributed by atoms with Crippen LogP contribution in [0.2, 0.25) is 0 Å². The number of unbranched alkanes of at least 4 members (excludes halogenated alkanes) is 3. The maximum Gasteiger partial charge on any atom is 0.306 e. The molecule has 0 N–H and O–H groups in total. The summed E-state index contributed by atoms with van der Waals surface area (Å²) >= 11 is 3.37. The molecule has 0 radical (unpaired) electrons. The van der Waals surface area contributed by atoms with Crippen LogP contribution in [0.3, 0.4) is 0 Å². The summed E-state index contributed by atoms with van der Waals surface area (Å²) in [5.41, 5.74) is 0.660. The fourth-order valence-electron chi connectivity index (χ4n) is 2.41. The van der Waals surface area contributed by atoms with Crippen molar-refractivity contribution in [2.24, 2.45) is 5.92 Å². The van der Waals surface area contributed by atoms with Gasteiger partial charge in [-0.1, -0.05) is 60.7 Å². The fraction of sp³-hybridized carbons (Fsp3) is 0.556. The van der Waals surface area contributed by atoms with Crippen LogP contribution < -0.4 is 0 Å². The lowest BCUT2D eigenvalue weighted by Crippen LogP contribution is -2.20. The lowest BCUT2D eigenvalue weighted by Gasteiger charge is -2.15. The molecule has 122 valence electrons. The van der Waals surface area contributed by atoms with Crippen LogP contribution >= 0.6 is 15.9 Å². The van der Waals surface area contributed by atoms with Crippen molar-refractivity contribution in [3.05, 3.63) is 34.3 Å². The third-order valence-corrected chi connectivity index (χ3v) is 4.15. The zero-order valence-corrected chi connectivity index (χ0v) is 15.0. The van der Waals surface area contributed by atoms with Crippen molar-refractivity contribution in [1.82, 2.24) is 0 Å². The lowest BCUT2D eigenvalue weighted by atomic mass is 9.89. The predicted octanol–water partition coefficient (Wildman–Crippen LogP) is 5.17. The summed E-state index contributed by atoms with van der Waals surface area (Å²) in [7, 11) is 0. The first kappa shape index (κ1) is 18.9. The van der Waals surface area contributed by atoms with Crippen molar-refractivity contribution in [2.75, 3.05) is 6.61 Å². The van der Waals surface area contributed by atoms with Gasteiger partial charge < -0.3 is 4.74 Å². The monoisotopic (exact) mass is 368 g/mol. The highest BCUT2D eigenvalue weighted by molar-refractivity contribution is 9.10. The zero-order chi connectivity index (χ0) is 16.4. The maximum absolute atomic E-state index is 12.6. The molecule has 1 atom stereocenters.